The van der Waals surface area contributed by atoms with Crippen LogP contribution in [-0.4, -0.2) is 36.7 Å². The van der Waals surface area contributed by atoms with E-state index in [1.807, 2.05) is 60.7 Å². The fraction of sp³-hybridized carbons (Fsp3) is 0.391. The lowest BCUT2D eigenvalue weighted by Gasteiger charge is -2.33. The number of benzene rings is 2. The Balaban J connectivity index is 1.71. The minimum atomic E-state index is -0.933. The van der Waals surface area contributed by atoms with Gasteiger partial charge in [0.15, 0.2) is 0 Å². The summed E-state index contributed by atoms with van der Waals surface area (Å²) in [4.78, 5) is 24.9. The molecule has 2 aromatic rings. The van der Waals surface area contributed by atoms with Crippen LogP contribution in [-0.2, 0) is 27.2 Å². The van der Waals surface area contributed by atoms with Crippen LogP contribution in [0.4, 0.5) is 0 Å². The van der Waals surface area contributed by atoms with E-state index < -0.39 is 11.4 Å². The largest absolute Gasteiger partial charge is 0.481 e. The summed E-state index contributed by atoms with van der Waals surface area (Å²) < 4.78 is 5.31. The second-order valence-electron chi connectivity index (χ2n) is 7.49. The molecule has 2 N–H and O–H groups in total. The molecule has 0 saturated carbocycles. The molecule has 1 heterocycles. The Kier molecular flexibility index (Phi) is 6.82. The van der Waals surface area contributed by atoms with Gasteiger partial charge in [0.1, 0.15) is 0 Å². The maximum absolute atomic E-state index is 13.0. The Morgan fingerprint density at radius 1 is 0.929 bits per heavy atom. The SMILES string of the molecule is O=C(NCC1(C(=O)O)CCOCC1)C(Cc1ccccc1)Cc1ccccc1. The highest BCUT2D eigenvalue weighted by Crippen LogP contribution is 2.30. The maximum atomic E-state index is 13.0. The molecule has 0 spiro atoms. The number of carboxylic acid groups (broad SMARTS) is 1. The van der Waals surface area contributed by atoms with Gasteiger partial charge in [0.25, 0.3) is 0 Å². The third-order valence-electron chi connectivity index (χ3n) is 5.53. The summed E-state index contributed by atoms with van der Waals surface area (Å²) >= 11 is 0. The summed E-state index contributed by atoms with van der Waals surface area (Å²) in [6, 6.07) is 19.8. The molecule has 0 aromatic heterocycles. The van der Waals surface area contributed by atoms with Gasteiger partial charge >= 0.3 is 5.97 Å². The van der Waals surface area contributed by atoms with E-state index in [4.69, 9.17) is 4.74 Å². The number of nitrogens with one attached hydrogen (secondary N) is 1. The molecule has 0 atom stereocenters. The van der Waals surface area contributed by atoms with Gasteiger partial charge < -0.3 is 15.2 Å². The third kappa shape index (κ3) is 5.20. The first kappa shape index (κ1) is 20.1. The van der Waals surface area contributed by atoms with Gasteiger partial charge in [0, 0.05) is 25.7 Å². The quantitative estimate of drug-likeness (QED) is 0.737. The predicted octanol–water partition coefficient (Wildman–Crippen LogP) is 3.09. The molecule has 1 aliphatic rings. The first-order chi connectivity index (χ1) is 13.6. The van der Waals surface area contributed by atoms with Crippen molar-refractivity contribution in [3.05, 3.63) is 71.8 Å². The molecule has 0 unspecified atom stereocenters. The molecule has 148 valence electrons. The molecular formula is C23H27NO4. The summed E-state index contributed by atoms with van der Waals surface area (Å²) in [5.74, 6) is -1.21. The van der Waals surface area contributed by atoms with Crippen LogP contribution in [0.3, 0.4) is 0 Å². The summed E-state index contributed by atoms with van der Waals surface area (Å²) in [5.41, 5.74) is 1.26. The number of hydrogen-bond donors (Lipinski definition) is 2. The summed E-state index contributed by atoms with van der Waals surface area (Å²) in [5, 5.41) is 12.6. The topological polar surface area (TPSA) is 75.6 Å². The molecule has 3 rings (SSSR count). The van der Waals surface area contributed by atoms with Crippen molar-refractivity contribution in [2.24, 2.45) is 11.3 Å². The van der Waals surface area contributed by atoms with Crippen molar-refractivity contribution in [1.29, 1.82) is 0 Å². The molecule has 1 amide bonds. The van der Waals surface area contributed by atoms with Crippen LogP contribution >= 0.6 is 0 Å². The molecule has 0 radical (unpaired) electrons. The molecule has 5 nitrogen and oxygen atoms in total. The average Bonchev–Trinajstić information content (AvgIpc) is 2.73. The smallest absolute Gasteiger partial charge is 0.311 e. The number of aliphatic carboxylic acids is 1. The van der Waals surface area contributed by atoms with Crippen molar-refractivity contribution in [3.63, 3.8) is 0 Å². The monoisotopic (exact) mass is 381 g/mol. The summed E-state index contributed by atoms with van der Waals surface area (Å²) in [7, 11) is 0. The van der Waals surface area contributed by atoms with E-state index in [2.05, 4.69) is 5.32 Å². The molecule has 1 aliphatic heterocycles. The van der Waals surface area contributed by atoms with Crippen molar-refractivity contribution >= 4 is 11.9 Å². The second-order valence-corrected chi connectivity index (χ2v) is 7.49. The van der Waals surface area contributed by atoms with Crippen LogP contribution < -0.4 is 5.32 Å². The van der Waals surface area contributed by atoms with Crippen LogP contribution in [0.1, 0.15) is 24.0 Å². The normalized spacial score (nSPS) is 15.9. The number of amides is 1. The molecule has 2 aromatic carbocycles. The first-order valence-corrected chi connectivity index (χ1v) is 9.76. The Hall–Kier alpha value is -2.66. The average molecular weight is 381 g/mol. The van der Waals surface area contributed by atoms with Gasteiger partial charge in [-0.25, -0.2) is 0 Å². The standard InChI is InChI=1S/C23H27NO4/c25-21(24-17-23(22(26)27)11-13-28-14-12-23)20(15-18-7-3-1-4-8-18)16-19-9-5-2-6-10-19/h1-10,20H,11-17H2,(H,24,25)(H,26,27). The van der Waals surface area contributed by atoms with Gasteiger partial charge in [0.05, 0.1) is 5.41 Å². The van der Waals surface area contributed by atoms with E-state index in [0.29, 0.717) is 38.9 Å². The van der Waals surface area contributed by atoms with Crippen LogP contribution in [0, 0.1) is 11.3 Å². The minimum absolute atomic E-state index is 0.0974. The molecule has 5 heteroatoms. The highest BCUT2D eigenvalue weighted by Gasteiger charge is 2.40. The Morgan fingerprint density at radius 3 is 1.89 bits per heavy atom. The Bertz CT molecular complexity index is 728. The molecular weight excluding hydrogens is 354 g/mol. The van der Waals surface area contributed by atoms with Crippen LogP contribution in [0.25, 0.3) is 0 Å². The number of carboxylic acids is 1. The highest BCUT2D eigenvalue weighted by molar-refractivity contribution is 5.81. The molecule has 1 saturated heterocycles. The first-order valence-electron chi connectivity index (χ1n) is 9.76. The van der Waals surface area contributed by atoms with Crippen LogP contribution in [0.2, 0.25) is 0 Å². The van der Waals surface area contributed by atoms with Gasteiger partial charge in [-0.05, 0) is 36.8 Å². The van der Waals surface area contributed by atoms with E-state index in [1.165, 1.54) is 0 Å². The van der Waals surface area contributed by atoms with E-state index in [1.54, 1.807) is 0 Å². The zero-order chi connectivity index (χ0) is 19.8. The lowest BCUT2D eigenvalue weighted by molar-refractivity contribution is -0.154. The van der Waals surface area contributed by atoms with Gasteiger partial charge in [-0.1, -0.05) is 60.7 Å². The fourth-order valence-electron chi connectivity index (χ4n) is 3.68. The van der Waals surface area contributed by atoms with Crippen LogP contribution in [0.5, 0.6) is 0 Å². The Morgan fingerprint density at radius 2 is 1.43 bits per heavy atom. The number of carbonyl (C=O) groups excluding carboxylic acids is 1. The molecule has 0 bridgehead atoms. The second kappa shape index (κ2) is 9.51. The molecule has 28 heavy (non-hydrogen) atoms. The number of carbonyl (C=O) groups is 2. The zero-order valence-corrected chi connectivity index (χ0v) is 16.0. The van der Waals surface area contributed by atoms with Crippen molar-refractivity contribution in [3.8, 4) is 0 Å². The van der Waals surface area contributed by atoms with E-state index in [0.717, 1.165) is 11.1 Å². The minimum Gasteiger partial charge on any atom is -0.481 e. The van der Waals surface area contributed by atoms with Crippen molar-refractivity contribution in [1.82, 2.24) is 5.32 Å². The lowest BCUT2D eigenvalue weighted by Crippen LogP contribution is -2.48. The van der Waals surface area contributed by atoms with E-state index in [-0.39, 0.29) is 18.4 Å². The number of ether oxygens (including phenoxy) is 1. The zero-order valence-electron chi connectivity index (χ0n) is 16.0. The number of hydrogen-bond acceptors (Lipinski definition) is 3. The van der Waals surface area contributed by atoms with Gasteiger partial charge in [-0.15, -0.1) is 0 Å². The summed E-state index contributed by atoms with van der Waals surface area (Å²) in [6.07, 6.45) is 2.07. The van der Waals surface area contributed by atoms with Gasteiger partial charge in [-0.2, -0.15) is 0 Å². The third-order valence-corrected chi connectivity index (χ3v) is 5.53. The Labute approximate surface area is 165 Å². The summed E-state index contributed by atoms with van der Waals surface area (Å²) in [6.45, 7) is 0.976. The van der Waals surface area contributed by atoms with Gasteiger partial charge in [0.2, 0.25) is 5.91 Å². The van der Waals surface area contributed by atoms with Crippen molar-refractivity contribution in [2.75, 3.05) is 19.8 Å². The van der Waals surface area contributed by atoms with Gasteiger partial charge in [-0.3, -0.25) is 9.59 Å². The number of rotatable bonds is 8. The fourth-order valence-corrected chi connectivity index (χ4v) is 3.68. The van der Waals surface area contributed by atoms with E-state index in [9.17, 15) is 14.7 Å². The van der Waals surface area contributed by atoms with Crippen molar-refractivity contribution in [2.45, 2.75) is 25.7 Å². The van der Waals surface area contributed by atoms with Crippen molar-refractivity contribution < 1.29 is 19.4 Å². The van der Waals surface area contributed by atoms with E-state index >= 15 is 0 Å². The lowest BCUT2D eigenvalue weighted by atomic mass is 9.80. The molecule has 1 fully saturated rings. The molecule has 0 aliphatic carbocycles. The maximum Gasteiger partial charge on any atom is 0.311 e. The van der Waals surface area contributed by atoms with Crippen LogP contribution in [0.15, 0.2) is 60.7 Å². The highest BCUT2D eigenvalue weighted by atomic mass is 16.5. The predicted molar refractivity (Wildman–Crippen MR) is 107 cm³/mol.